The maximum Gasteiger partial charge on any atom is 0.135 e. The number of para-hydroxylation sites is 1. The van der Waals surface area contributed by atoms with Crippen LogP contribution in [0, 0.1) is 0 Å². The van der Waals surface area contributed by atoms with Crippen molar-refractivity contribution in [3.8, 4) is 10.6 Å². The van der Waals surface area contributed by atoms with E-state index in [1.165, 1.54) is 64.6 Å². The molecule has 2 aromatic heterocycles. The Hall–Kier alpha value is -9.29. The number of hydrogen-bond donors (Lipinski definition) is 0. The first-order chi connectivity index (χ1) is 35.7. The molecule has 0 aliphatic carbocycles. The highest BCUT2D eigenvalue weighted by Crippen LogP contribution is 2.47. The lowest BCUT2D eigenvalue weighted by molar-refractivity contribution is 0.669. The van der Waals surface area contributed by atoms with Gasteiger partial charge in [-0.2, -0.15) is 0 Å². The fourth-order valence-electron chi connectivity index (χ4n) is 11.2. The van der Waals surface area contributed by atoms with Crippen LogP contribution in [0.15, 0.2) is 253 Å². The molecular formula is C67H41N3OS. The Labute approximate surface area is 418 Å². The van der Waals surface area contributed by atoms with E-state index in [2.05, 4.69) is 246 Å². The molecule has 0 aliphatic rings. The quantitative estimate of drug-likeness (QED) is 0.149. The van der Waals surface area contributed by atoms with Crippen molar-refractivity contribution in [3.63, 3.8) is 0 Å². The van der Waals surface area contributed by atoms with Gasteiger partial charge in [0, 0.05) is 49.9 Å². The molecule has 5 heteroatoms. The fraction of sp³-hybridized carbons (Fsp3) is 0. The minimum absolute atomic E-state index is 0.876. The SMILES string of the molecule is c1ccc(-c2nc3ccc(N(c4ccc5c(ccc6cc(N(c7ccc8oc9ccccc9c8c7)c7cc8ccccc8c8ccccc78)ccc65)c4)c4cc5ccccc5c5ccccc45)cc3s2)cc1. The zero-order chi connectivity index (χ0) is 47.3. The van der Waals surface area contributed by atoms with Crippen molar-refractivity contribution in [2.45, 2.75) is 0 Å². The Kier molecular flexibility index (Phi) is 9.10. The van der Waals surface area contributed by atoms with Gasteiger partial charge in [-0.1, -0.05) is 170 Å². The maximum atomic E-state index is 6.34. The number of rotatable bonds is 7. The first-order valence-corrected chi connectivity index (χ1v) is 25.2. The Morgan fingerprint density at radius 2 is 0.750 bits per heavy atom. The third kappa shape index (κ3) is 6.48. The molecule has 0 saturated heterocycles. The minimum atomic E-state index is 0.876. The Balaban J connectivity index is 0.904. The Morgan fingerprint density at radius 1 is 0.306 bits per heavy atom. The second-order valence-electron chi connectivity index (χ2n) is 18.7. The van der Waals surface area contributed by atoms with Crippen LogP contribution in [0.25, 0.3) is 107 Å². The van der Waals surface area contributed by atoms with Crippen molar-refractivity contribution in [3.05, 3.63) is 249 Å². The molecule has 2 heterocycles. The van der Waals surface area contributed by atoms with Crippen LogP contribution in [-0.4, -0.2) is 4.98 Å². The van der Waals surface area contributed by atoms with Crippen molar-refractivity contribution in [2.75, 3.05) is 9.80 Å². The molecule has 0 bridgehead atoms. The van der Waals surface area contributed by atoms with E-state index >= 15 is 0 Å². The van der Waals surface area contributed by atoms with Gasteiger partial charge in [-0.3, -0.25) is 0 Å². The van der Waals surface area contributed by atoms with Crippen molar-refractivity contribution in [1.29, 1.82) is 0 Å². The second kappa shape index (κ2) is 16.1. The number of aromatic nitrogens is 1. The molecule has 15 rings (SSSR count). The number of anilines is 6. The summed E-state index contributed by atoms with van der Waals surface area (Å²) in [7, 11) is 0. The lowest BCUT2D eigenvalue weighted by Crippen LogP contribution is -2.11. The maximum absolute atomic E-state index is 6.34. The van der Waals surface area contributed by atoms with Crippen LogP contribution in [0.4, 0.5) is 34.1 Å². The van der Waals surface area contributed by atoms with E-state index in [0.717, 1.165) is 76.9 Å². The van der Waals surface area contributed by atoms with Gasteiger partial charge in [0.25, 0.3) is 0 Å². The summed E-state index contributed by atoms with van der Waals surface area (Å²) in [4.78, 5) is 9.95. The molecule has 0 unspecified atom stereocenters. The molecule has 72 heavy (non-hydrogen) atoms. The predicted molar refractivity (Wildman–Crippen MR) is 307 cm³/mol. The fourth-order valence-corrected chi connectivity index (χ4v) is 12.2. The van der Waals surface area contributed by atoms with Gasteiger partial charge in [0.1, 0.15) is 16.2 Å². The third-order valence-electron chi connectivity index (χ3n) is 14.6. The number of thiazole rings is 1. The number of fused-ring (bicyclic) bond motifs is 13. The van der Waals surface area contributed by atoms with E-state index in [1.807, 2.05) is 12.1 Å². The summed E-state index contributed by atoms with van der Waals surface area (Å²) in [5.41, 5.74) is 10.5. The summed E-state index contributed by atoms with van der Waals surface area (Å²) >= 11 is 1.74. The Morgan fingerprint density at radius 3 is 1.38 bits per heavy atom. The molecular weight excluding hydrogens is 895 g/mol. The lowest BCUT2D eigenvalue weighted by atomic mass is 9.97. The standard InChI is InChI=1S/C67H41N3OS/c1-2-14-42(15-3-1)67-68-61-34-30-50(41-66(61)72-67)70(63-39-44-17-5-7-19-52(44)56-21-9-11-23-58(56)63)48-29-33-54-46(37-48)27-26-45-36-47(28-32-53(45)54)69(49-31-35-65-60(40-49)59-24-12-13-25-64(59)71-65)62-38-43-16-4-6-18-51(43)55-20-8-10-22-57(55)62/h1-41H. The lowest BCUT2D eigenvalue weighted by Gasteiger charge is -2.28. The molecule has 0 radical (unpaired) electrons. The monoisotopic (exact) mass is 935 g/mol. The summed E-state index contributed by atoms with van der Waals surface area (Å²) in [5, 5.41) is 17.7. The van der Waals surface area contributed by atoms with Crippen LogP contribution in [0.1, 0.15) is 0 Å². The molecule has 0 saturated carbocycles. The average Bonchev–Trinajstić information content (AvgIpc) is 4.05. The van der Waals surface area contributed by atoms with Crippen LogP contribution in [0.2, 0.25) is 0 Å². The van der Waals surface area contributed by atoms with Gasteiger partial charge >= 0.3 is 0 Å². The predicted octanol–water partition coefficient (Wildman–Crippen LogP) is 19.7. The van der Waals surface area contributed by atoms with Crippen molar-refractivity contribution >= 4 is 142 Å². The average molecular weight is 936 g/mol. The van der Waals surface area contributed by atoms with E-state index in [-0.39, 0.29) is 0 Å². The molecule has 4 nitrogen and oxygen atoms in total. The molecule has 0 aliphatic heterocycles. The molecule has 336 valence electrons. The third-order valence-corrected chi connectivity index (χ3v) is 15.6. The van der Waals surface area contributed by atoms with E-state index in [9.17, 15) is 0 Å². The molecule has 0 spiro atoms. The van der Waals surface area contributed by atoms with Crippen molar-refractivity contribution < 1.29 is 4.42 Å². The van der Waals surface area contributed by atoms with Gasteiger partial charge in [-0.05, 0) is 133 Å². The molecule has 13 aromatic carbocycles. The smallest absolute Gasteiger partial charge is 0.135 e. The highest BCUT2D eigenvalue weighted by molar-refractivity contribution is 7.21. The molecule has 0 fully saturated rings. The molecule has 0 N–H and O–H groups in total. The zero-order valence-corrected chi connectivity index (χ0v) is 39.6. The minimum Gasteiger partial charge on any atom is -0.456 e. The first-order valence-electron chi connectivity index (χ1n) is 24.4. The van der Waals surface area contributed by atoms with E-state index in [0.29, 0.717) is 0 Å². The molecule has 0 amide bonds. The number of furan rings is 1. The normalized spacial score (nSPS) is 11.9. The number of hydrogen-bond acceptors (Lipinski definition) is 5. The first kappa shape index (κ1) is 40.6. The summed E-state index contributed by atoms with van der Waals surface area (Å²) in [6.45, 7) is 0. The molecule has 15 aromatic rings. The Bertz CT molecular complexity index is 4670. The topological polar surface area (TPSA) is 32.5 Å². The zero-order valence-electron chi connectivity index (χ0n) is 38.8. The van der Waals surface area contributed by atoms with Gasteiger partial charge in [-0.25, -0.2) is 4.98 Å². The number of nitrogens with zero attached hydrogens (tertiary/aromatic N) is 3. The van der Waals surface area contributed by atoms with Crippen molar-refractivity contribution in [2.24, 2.45) is 0 Å². The van der Waals surface area contributed by atoms with Crippen LogP contribution in [0.5, 0.6) is 0 Å². The second-order valence-corrected chi connectivity index (χ2v) is 19.7. The van der Waals surface area contributed by atoms with Crippen molar-refractivity contribution in [1.82, 2.24) is 4.98 Å². The van der Waals surface area contributed by atoms with Crippen LogP contribution in [0.3, 0.4) is 0 Å². The van der Waals surface area contributed by atoms with Gasteiger partial charge in [0.15, 0.2) is 0 Å². The van der Waals surface area contributed by atoms with Crippen LogP contribution >= 0.6 is 11.3 Å². The molecule has 0 atom stereocenters. The van der Waals surface area contributed by atoms with E-state index in [4.69, 9.17) is 9.40 Å². The highest BCUT2D eigenvalue weighted by atomic mass is 32.1. The largest absolute Gasteiger partial charge is 0.456 e. The van der Waals surface area contributed by atoms with Crippen LogP contribution < -0.4 is 9.80 Å². The highest BCUT2D eigenvalue weighted by Gasteiger charge is 2.22. The van der Waals surface area contributed by atoms with Crippen LogP contribution in [-0.2, 0) is 0 Å². The van der Waals surface area contributed by atoms with Gasteiger partial charge in [-0.15, -0.1) is 11.3 Å². The number of benzene rings is 13. The summed E-state index contributed by atoms with van der Waals surface area (Å²) < 4.78 is 7.49. The summed E-state index contributed by atoms with van der Waals surface area (Å²) in [5.74, 6) is 0. The van der Waals surface area contributed by atoms with Gasteiger partial charge < -0.3 is 14.2 Å². The van der Waals surface area contributed by atoms with Gasteiger partial charge in [0.2, 0.25) is 0 Å². The summed E-state index contributed by atoms with van der Waals surface area (Å²) in [6, 6.07) is 90.4. The van der Waals surface area contributed by atoms with E-state index in [1.54, 1.807) is 11.3 Å². The summed E-state index contributed by atoms with van der Waals surface area (Å²) in [6.07, 6.45) is 0. The van der Waals surface area contributed by atoms with E-state index < -0.39 is 0 Å². The van der Waals surface area contributed by atoms with Gasteiger partial charge in [0.05, 0.1) is 21.6 Å².